The summed E-state index contributed by atoms with van der Waals surface area (Å²) >= 11 is 0. The number of fused-ring (bicyclic) bond motifs is 1. The average Bonchev–Trinajstić information content (AvgIpc) is 2.77. The first-order valence-electron chi connectivity index (χ1n) is 7.12. The second-order valence-electron chi connectivity index (χ2n) is 6.03. The molecule has 1 heterocycles. The molecule has 1 aromatic carbocycles. The van der Waals surface area contributed by atoms with Gasteiger partial charge < -0.3 is 15.9 Å². The average molecular weight is 262 g/mol. The quantitative estimate of drug-likeness (QED) is 0.758. The lowest BCUT2D eigenvalue weighted by Crippen LogP contribution is -2.38. The molecular formula is C15H22N2O2. The lowest BCUT2D eigenvalue weighted by atomic mass is 9.78. The van der Waals surface area contributed by atoms with Crippen LogP contribution < -0.4 is 5.73 Å². The zero-order valence-electron chi connectivity index (χ0n) is 11.1. The molecule has 0 aromatic heterocycles. The topological polar surface area (TPSA) is 69.7 Å². The Hall–Kier alpha value is -1.26. The van der Waals surface area contributed by atoms with Crippen molar-refractivity contribution in [1.82, 2.24) is 4.90 Å². The lowest BCUT2D eigenvalue weighted by Gasteiger charge is -2.29. The Morgan fingerprint density at radius 2 is 2.05 bits per heavy atom. The molecule has 4 heteroatoms. The third-order valence-corrected chi connectivity index (χ3v) is 4.69. The Labute approximate surface area is 113 Å². The van der Waals surface area contributed by atoms with E-state index in [9.17, 15) is 10.2 Å². The van der Waals surface area contributed by atoms with Gasteiger partial charge in [-0.25, -0.2) is 0 Å². The number of benzene rings is 1. The Bertz CT molecular complexity index is 463. The molecule has 1 aromatic rings. The number of nitrogens with zero attached hydrogens (tertiary/aromatic N) is 1. The molecule has 3 atom stereocenters. The maximum atomic E-state index is 9.85. The van der Waals surface area contributed by atoms with E-state index >= 15 is 0 Å². The number of rotatable bonds is 2. The van der Waals surface area contributed by atoms with E-state index in [1.165, 1.54) is 18.9 Å². The first kappa shape index (κ1) is 12.8. The molecule has 19 heavy (non-hydrogen) atoms. The molecule has 2 fully saturated rings. The SMILES string of the molecule is NC1CCCC2CN(Cc3ccc(O)cc3O)CC12. The number of nitrogens with two attached hydrogens (primary N) is 1. The summed E-state index contributed by atoms with van der Waals surface area (Å²) < 4.78 is 0. The van der Waals surface area contributed by atoms with Crippen molar-refractivity contribution in [2.45, 2.75) is 31.8 Å². The zero-order valence-corrected chi connectivity index (χ0v) is 11.1. The number of phenolic OH excluding ortho intramolecular Hbond substituents is 2. The lowest BCUT2D eigenvalue weighted by molar-refractivity contribution is 0.259. The summed E-state index contributed by atoms with van der Waals surface area (Å²) in [6.45, 7) is 2.86. The second-order valence-corrected chi connectivity index (χ2v) is 6.03. The van der Waals surface area contributed by atoms with Crippen LogP contribution in [0.2, 0.25) is 0 Å². The molecule has 3 unspecified atom stereocenters. The van der Waals surface area contributed by atoms with Gasteiger partial charge in [-0.3, -0.25) is 4.90 Å². The highest BCUT2D eigenvalue weighted by Gasteiger charge is 2.38. The highest BCUT2D eigenvalue weighted by molar-refractivity contribution is 5.38. The van der Waals surface area contributed by atoms with Crippen LogP contribution in [-0.4, -0.2) is 34.2 Å². The standard InChI is InChI=1S/C15H22N2O2/c16-14-3-1-2-10-7-17(9-13(10)14)8-11-4-5-12(18)6-15(11)19/h4-6,10,13-14,18-19H,1-3,7-9,16H2. The highest BCUT2D eigenvalue weighted by Crippen LogP contribution is 2.36. The van der Waals surface area contributed by atoms with Gasteiger partial charge in [-0.2, -0.15) is 0 Å². The maximum Gasteiger partial charge on any atom is 0.123 e. The maximum absolute atomic E-state index is 9.85. The molecular weight excluding hydrogens is 240 g/mol. The Kier molecular flexibility index (Phi) is 3.37. The predicted molar refractivity (Wildman–Crippen MR) is 73.9 cm³/mol. The largest absolute Gasteiger partial charge is 0.508 e. The van der Waals surface area contributed by atoms with Crippen LogP contribution in [0.25, 0.3) is 0 Å². The van der Waals surface area contributed by atoms with E-state index in [0.717, 1.165) is 37.5 Å². The highest BCUT2D eigenvalue weighted by atomic mass is 16.3. The molecule has 4 nitrogen and oxygen atoms in total. The molecule has 0 spiro atoms. The second kappa shape index (κ2) is 5.02. The van der Waals surface area contributed by atoms with Crippen LogP contribution in [0, 0.1) is 11.8 Å². The van der Waals surface area contributed by atoms with Crippen molar-refractivity contribution in [1.29, 1.82) is 0 Å². The fourth-order valence-electron chi connectivity index (χ4n) is 3.66. The summed E-state index contributed by atoms with van der Waals surface area (Å²) in [6.07, 6.45) is 3.69. The van der Waals surface area contributed by atoms with Gasteiger partial charge in [0.2, 0.25) is 0 Å². The van der Waals surface area contributed by atoms with Crippen molar-refractivity contribution in [3.05, 3.63) is 23.8 Å². The molecule has 1 saturated carbocycles. The minimum Gasteiger partial charge on any atom is -0.508 e. The fourth-order valence-corrected chi connectivity index (χ4v) is 3.66. The molecule has 3 rings (SSSR count). The van der Waals surface area contributed by atoms with E-state index < -0.39 is 0 Å². The monoisotopic (exact) mass is 262 g/mol. The van der Waals surface area contributed by atoms with Crippen LogP contribution in [0.5, 0.6) is 11.5 Å². The van der Waals surface area contributed by atoms with Crippen molar-refractivity contribution < 1.29 is 10.2 Å². The van der Waals surface area contributed by atoms with Crippen LogP contribution in [0.3, 0.4) is 0 Å². The summed E-state index contributed by atoms with van der Waals surface area (Å²) in [7, 11) is 0. The van der Waals surface area contributed by atoms with Crippen molar-refractivity contribution >= 4 is 0 Å². The molecule has 2 aliphatic rings. The molecule has 4 N–H and O–H groups in total. The van der Waals surface area contributed by atoms with Gasteiger partial charge in [0, 0.05) is 37.3 Å². The first-order valence-corrected chi connectivity index (χ1v) is 7.12. The van der Waals surface area contributed by atoms with Gasteiger partial charge in [0.15, 0.2) is 0 Å². The van der Waals surface area contributed by atoms with Crippen molar-refractivity contribution in [3.8, 4) is 11.5 Å². The molecule has 1 saturated heterocycles. The van der Waals surface area contributed by atoms with E-state index in [2.05, 4.69) is 4.90 Å². The zero-order chi connectivity index (χ0) is 13.4. The van der Waals surface area contributed by atoms with Gasteiger partial charge in [0.05, 0.1) is 0 Å². The van der Waals surface area contributed by atoms with E-state index in [1.807, 2.05) is 0 Å². The fraction of sp³-hybridized carbons (Fsp3) is 0.600. The number of hydrogen-bond acceptors (Lipinski definition) is 4. The van der Waals surface area contributed by atoms with Crippen LogP contribution in [0.4, 0.5) is 0 Å². The van der Waals surface area contributed by atoms with Gasteiger partial charge in [-0.15, -0.1) is 0 Å². The third-order valence-electron chi connectivity index (χ3n) is 4.69. The van der Waals surface area contributed by atoms with E-state index in [1.54, 1.807) is 12.1 Å². The number of phenols is 2. The minimum absolute atomic E-state index is 0.110. The summed E-state index contributed by atoms with van der Waals surface area (Å²) in [5, 5.41) is 19.2. The smallest absolute Gasteiger partial charge is 0.123 e. The first-order chi connectivity index (χ1) is 9.13. The Morgan fingerprint density at radius 1 is 1.21 bits per heavy atom. The summed E-state index contributed by atoms with van der Waals surface area (Å²) in [4.78, 5) is 2.38. The van der Waals surface area contributed by atoms with Crippen LogP contribution in [0.1, 0.15) is 24.8 Å². The van der Waals surface area contributed by atoms with Crippen molar-refractivity contribution in [3.63, 3.8) is 0 Å². The van der Waals surface area contributed by atoms with E-state index in [4.69, 9.17) is 5.73 Å². The number of likely N-dealkylation sites (tertiary alicyclic amines) is 1. The van der Waals surface area contributed by atoms with Crippen LogP contribution in [-0.2, 0) is 6.54 Å². The van der Waals surface area contributed by atoms with Gasteiger partial charge >= 0.3 is 0 Å². The van der Waals surface area contributed by atoms with Crippen molar-refractivity contribution in [2.24, 2.45) is 17.6 Å². The van der Waals surface area contributed by atoms with E-state index in [-0.39, 0.29) is 11.5 Å². The minimum atomic E-state index is 0.110. The normalized spacial score (nSPS) is 31.3. The van der Waals surface area contributed by atoms with E-state index in [0.29, 0.717) is 12.0 Å². The Balaban J connectivity index is 1.68. The molecule has 1 aliphatic carbocycles. The summed E-state index contributed by atoms with van der Waals surface area (Å²) in [5.74, 6) is 1.63. The number of hydrogen-bond donors (Lipinski definition) is 3. The van der Waals surface area contributed by atoms with Gasteiger partial charge in [-0.1, -0.05) is 12.5 Å². The number of aromatic hydroxyl groups is 2. The van der Waals surface area contributed by atoms with Crippen LogP contribution >= 0.6 is 0 Å². The molecule has 1 aliphatic heterocycles. The summed E-state index contributed by atoms with van der Waals surface area (Å²) in [5.41, 5.74) is 7.10. The third kappa shape index (κ3) is 2.55. The predicted octanol–water partition coefficient (Wildman–Crippen LogP) is 1.66. The molecule has 0 amide bonds. The molecule has 104 valence electrons. The summed E-state index contributed by atoms with van der Waals surface area (Å²) in [6, 6.07) is 5.18. The van der Waals surface area contributed by atoms with Gasteiger partial charge in [0.1, 0.15) is 11.5 Å². The van der Waals surface area contributed by atoms with Gasteiger partial charge in [0.25, 0.3) is 0 Å². The molecule has 0 radical (unpaired) electrons. The van der Waals surface area contributed by atoms with Gasteiger partial charge in [-0.05, 0) is 30.7 Å². The van der Waals surface area contributed by atoms with Crippen LogP contribution in [0.15, 0.2) is 18.2 Å². The Morgan fingerprint density at radius 3 is 2.79 bits per heavy atom. The molecule has 0 bridgehead atoms. The van der Waals surface area contributed by atoms with Crippen molar-refractivity contribution in [2.75, 3.05) is 13.1 Å².